The topological polar surface area (TPSA) is 29.5 Å². The van der Waals surface area contributed by atoms with Crippen molar-refractivity contribution in [2.45, 2.75) is 59.4 Å². The van der Waals surface area contributed by atoms with Crippen LogP contribution in [0.4, 0.5) is 0 Å². The van der Waals surface area contributed by atoms with E-state index in [9.17, 15) is 4.79 Å². The molecule has 1 unspecified atom stereocenters. The standard InChI is InChI=1S/C18H29NO2/c1-6-15(20)21-14-12-17(2,3)16(18(4,5)13-14)19-10-8-7-9-11-19/h6,12,16H,1,7-11,13H2,2-5H3. The summed E-state index contributed by atoms with van der Waals surface area (Å²) in [5.41, 5.74) is 0.0856. The number of hydrogen-bond donors (Lipinski definition) is 0. The monoisotopic (exact) mass is 291 g/mol. The van der Waals surface area contributed by atoms with E-state index in [2.05, 4.69) is 45.2 Å². The lowest BCUT2D eigenvalue weighted by atomic mass is 9.63. The van der Waals surface area contributed by atoms with Crippen LogP contribution in [0.3, 0.4) is 0 Å². The maximum atomic E-state index is 11.5. The molecule has 1 atom stereocenters. The average molecular weight is 291 g/mol. The first kappa shape index (κ1) is 16.3. The normalized spacial score (nSPS) is 28.6. The summed E-state index contributed by atoms with van der Waals surface area (Å²) in [4.78, 5) is 14.1. The number of ether oxygens (including phenoxy) is 1. The predicted octanol–water partition coefficient (Wildman–Crippen LogP) is 3.91. The summed E-state index contributed by atoms with van der Waals surface area (Å²) in [6.45, 7) is 15.0. The van der Waals surface area contributed by atoms with Crippen molar-refractivity contribution in [3.63, 3.8) is 0 Å². The molecule has 0 radical (unpaired) electrons. The molecule has 3 heteroatoms. The predicted molar refractivity (Wildman–Crippen MR) is 85.8 cm³/mol. The number of hydrogen-bond acceptors (Lipinski definition) is 3. The highest BCUT2D eigenvalue weighted by Gasteiger charge is 2.47. The number of carbonyl (C=O) groups is 1. The van der Waals surface area contributed by atoms with Gasteiger partial charge in [-0.2, -0.15) is 0 Å². The molecule has 1 aliphatic heterocycles. The maximum absolute atomic E-state index is 11.5. The molecular formula is C18H29NO2. The first-order valence-corrected chi connectivity index (χ1v) is 8.06. The van der Waals surface area contributed by atoms with Gasteiger partial charge in [0.1, 0.15) is 5.76 Å². The Labute approximate surface area is 129 Å². The Kier molecular flexibility index (Phi) is 4.62. The molecule has 2 rings (SSSR count). The fraction of sp³-hybridized carbons (Fsp3) is 0.722. The van der Waals surface area contributed by atoms with E-state index in [1.54, 1.807) is 0 Å². The number of carbonyl (C=O) groups excluding carboxylic acids is 1. The summed E-state index contributed by atoms with van der Waals surface area (Å²) < 4.78 is 5.43. The van der Waals surface area contributed by atoms with Crippen molar-refractivity contribution in [3.05, 3.63) is 24.5 Å². The van der Waals surface area contributed by atoms with Gasteiger partial charge >= 0.3 is 5.97 Å². The highest BCUT2D eigenvalue weighted by Crippen LogP contribution is 2.48. The number of piperidine rings is 1. The van der Waals surface area contributed by atoms with Crippen LogP contribution in [0.1, 0.15) is 53.4 Å². The lowest BCUT2D eigenvalue weighted by molar-refractivity contribution is -0.135. The second-order valence-electron chi connectivity index (χ2n) is 7.72. The van der Waals surface area contributed by atoms with Crippen LogP contribution < -0.4 is 0 Å². The van der Waals surface area contributed by atoms with Crippen LogP contribution in [-0.2, 0) is 9.53 Å². The summed E-state index contributed by atoms with van der Waals surface area (Å²) in [6.07, 6.45) is 8.13. The Hall–Kier alpha value is -1.09. The van der Waals surface area contributed by atoms with Gasteiger partial charge in [-0.1, -0.05) is 40.7 Å². The first-order valence-electron chi connectivity index (χ1n) is 8.06. The quantitative estimate of drug-likeness (QED) is 0.583. The van der Waals surface area contributed by atoms with Crippen LogP contribution in [0.25, 0.3) is 0 Å². The van der Waals surface area contributed by atoms with Gasteiger partial charge in [-0.25, -0.2) is 4.79 Å². The summed E-state index contributed by atoms with van der Waals surface area (Å²) >= 11 is 0. The Balaban J connectivity index is 2.26. The number of likely N-dealkylation sites (tertiary alicyclic amines) is 1. The van der Waals surface area contributed by atoms with Crippen LogP contribution >= 0.6 is 0 Å². The van der Waals surface area contributed by atoms with Gasteiger partial charge in [0.05, 0.1) is 0 Å². The molecule has 0 aromatic carbocycles. The second-order valence-corrected chi connectivity index (χ2v) is 7.72. The zero-order valence-corrected chi connectivity index (χ0v) is 13.9. The van der Waals surface area contributed by atoms with E-state index >= 15 is 0 Å². The van der Waals surface area contributed by atoms with Crippen molar-refractivity contribution < 1.29 is 9.53 Å². The van der Waals surface area contributed by atoms with Gasteiger partial charge in [0.2, 0.25) is 0 Å². The Morgan fingerprint density at radius 2 is 1.90 bits per heavy atom. The van der Waals surface area contributed by atoms with Crippen LogP contribution in [0.5, 0.6) is 0 Å². The molecule has 0 saturated carbocycles. The molecule has 1 fully saturated rings. The number of esters is 1. The van der Waals surface area contributed by atoms with Gasteiger partial charge in [-0.05, 0) is 37.4 Å². The summed E-state index contributed by atoms with van der Waals surface area (Å²) in [7, 11) is 0. The molecule has 1 aliphatic carbocycles. The molecule has 0 aromatic rings. The largest absolute Gasteiger partial charge is 0.428 e. The molecule has 0 spiro atoms. The van der Waals surface area contributed by atoms with Crippen molar-refractivity contribution in [2.75, 3.05) is 13.1 Å². The van der Waals surface area contributed by atoms with Crippen molar-refractivity contribution in [1.29, 1.82) is 0 Å². The third-order valence-electron chi connectivity index (χ3n) is 4.76. The molecule has 1 heterocycles. The van der Waals surface area contributed by atoms with Crippen molar-refractivity contribution >= 4 is 5.97 Å². The van der Waals surface area contributed by atoms with Gasteiger partial charge in [0.15, 0.2) is 0 Å². The minimum atomic E-state index is -0.357. The number of nitrogens with zero attached hydrogens (tertiary/aromatic N) is 1. The Morgan fingerprint density at radius 1 is 1.29 bits per heavy atom. The Morgan fingerprint density at radius 3 is 2.43 bits per heavy atom. The molecule has 1 saturated heterocycles. The highest BCUT2D eigenvalue weighted by atomic mass is 16.5. The summed E-state index contributed by atoms with van der Waals surface area (Å²) in [6, 6.07) is 0.483. The SMILES string of the molecule is C=CC(=O)OC1=CC(C)(C)C(N2CCCCC2)C(C)(C)C1. The highest BCUT2D eigenvalue weighted by molar-refractivity contribution is 5.82. The fourth-order valence-electron chi connectivity index (χ4n) is 4.48. The molecule has 0 N–H and O–H groups in total. The van der Waals surface area contributed by atoms with E-state index in [0.717, 1.165) is 12.2 Å². The smallest absolute Gasteiger partial charge is 0.335 e. The summed E-state index contributed by atoms with van der Waals surface area (Å²) in [5.74, 6) is 0.437. The van der Waals surface area contributed by atoms with Gasteiger partial charge in [0, 0.05) is 24.0 Å². The number of rotatable bonds is 3. The van der Waals surface area contributed by atoms with E-state index in [1.807, 2.05) is 0 Å². The van der Waals surface area contributed by atoms with Gasteiger partial charge in [-0.15, -0.1) is 0 Å². The van der Waals surface area contributed by atoms with Crippen LogP contribution in [0, 0.1) is 10.8 Å². The van der Waals surface area contributed by atoms with Crippen molar-refractivity contribution in [3.8, 4) is 0 Å². The maximum Gasteiger partial charge on any atom is 0.335 e. The molecule has 21 heavy (non-hydrogen) atoms. The second kappa shape index (κ2) is 5.96. The zero-order valence-electron chi connectivity index (χ0n) is 13.9. The third-order valence-corrected chi connectivity index (χ3v) is 4.76. The van der Waals surface area contributed by atoms with Crippen molar-refractivity contribution in [1.82, 2.24) is 4.90 Å². The minimum absolute atomic E-state index is 0.00409. The van der Waals surface area contributed by atoms with Crippen LogP contribution in [0.15, 0.2) is 24.5 Å². The van der Waals surface area contributed by atoms with Crippen molar-refractivity contribution in [2.24, 2.45) is 10.8 Å². The zero-order chi connectivity index (χ0) is 15.7. The molecular weight excluding hydrogens is 262 g/mol. The van der Waals surface area contributed by atoms with E-state index in [-0.39, 0.29) is 16.8 Å². The first-order chi connectivity index (χ1) is 9.76. The molecule has 0 amide bonds. The molecule has 0 aromatic heterocycles. The molecule has 2 aliphatic rings. The van der Waals surface area contributed by atoms with E-state index in [4.69, 9.17) is 4.74 Å². The minimum Gasteiger partial charge on any atom is -0.428 e. The lowest BCUT2D eigenvalue weighted by Gasteiger charge is -2.53. The number of allylic oxidation sites excluding steroid dienone is 1. The van der Waals surface area contributed by atoms with Crippen LogP contribution in [0.2, 0.25) is 0 Å². The van der Waals surface area contributed by atoms with E-state index < -0.39 is 0 Å². The molecule has 0 bridgehead atoms. The Bertz CT molecular complexity index is 442. The van der Waals surface area contributed by atoms with Gasteiger partial charge < -0.3 is 4.74 Å². The van der Waals surface area contributed by atoms with Crippen LogP contribution in [-0.4, -0.2) is 30.0 Å². The third kappa shape index (κ3) is 3.57. The van der Waals surface area contributed by atoms with E-state index in [1.165, 1.54) is 38.4 Å². The lowest BCUT2D eigenvalue weighted by Crippen LogP contribution is -2.56. The van der Waals surface area contributed by atoms with Gasteiger partial charge in [0.25, 0.3) is 0 Å². The fourth-order valence-corrected chi connectivity index (χ4v) is 4.48. The average Bonchev–Trinajstić information content (AvgIpc) is 2.36. The summed E-state index contributed by atoms with van der Waals surface area (Å²) in [5, 5.41) is 0. The van der Waals surface area contributed by atoms with Gasteiger partial charge in [-0.3, -0.25) is 4.90 Å². The van der Waals surface area contributed by atoms with E-state index in [0.29, 0.717) is 6.04 Å². The molecule has 118 valence electrons. The molecule has 3 nitrogen and oxygen atoms in total.